The Labute approximate surface area is 220 Å². The number of nitrogen functional groups attached to an aromatic ring is 1. The van der Waals surface area contributed by atoms with Crippen LogP contribution in [0.1, 0.15) is 47.1 Å². The van der Waals surface area contributed by atoms with Crippen LogP contribution in [0, 0.1) is 13.8 Å². The number of ether oxygens (including phenoxy) is 1. The van der Waals surface area contributed by atoms with Gasteiger partial charge in [-0.25, -0.2) is 19.3 Å². The molecule has 0 saturated carbocycles. The Morgan fingerprint density at radius 1 is 1.24 bits per heavy atom. The molecule has 4 rings (SSSR count). The smallest absolute Gasteiger partial charge is 0.231 e. The van der Waals surface area contributed by atoms with Crippen LogP contribution in [0.2, 0.25) is 0 Å². The van der Waals surface area contributed by atoms with Crippen molar-refractivity contribution in [2.24, 2.45) is 11.6 Å². The van der Waals surface area contributed by atoms with Crippen LogP contribution < -0.4 is 27.1 Å². The number of rotatable bonds is 8. The molecule has 2 heterocycles. The number of pyridine rings is 1. The van der Waals surface area contributed by atoms with E-state index in [0.29, 0.717) is 42.7 Å². The topological polar surface area (TPSA) is 141 Å². The molecule has 1 aliphatic heterocycles. The summed E-state index contributed by atoms with van der Waals surface area (Å²) in [4.78, 5) is 16.9. The summed E-state index contributed by atoms with van der Waals surface area (Å²) >= 11 is 0. The van der Waals surface area contributed by atoms with E-state index in [9.17, 15) is 9.00 Å². The molecule has 1 unspecified atom stereocenters. The van der Waals surface area contributed by atoms with Gasteiger partial charge in [0.1, 0.15) is 22.5 Å². The monoisotopic (exact) mass is 522 g/mol. The van der Waals surface area contributed by atoms with Crippen LogP contribution in [0.5, 0.6) is 5.88 Å². The van der Waals surface area contributed by atoms with Crippen molar-refractivity contribution in [3.05, 3.63) is 76.5 Å². The Hall–Kier alpha value is -3.47. The SMILES string of the molecule is CCN(N)c1ccc([C@@H](CC(N)=O)c2ccc(C)c(CN3CCOc4ncccc4S3=O)c2)c(C)c1N. The van der Waals surface area contributed by atoms with Crippen molar-refractivity contribution in [1.82, 2.24) is 9.29 Å². The minimum atomic E-state index is -1.42. The lowest BCUT2D eigenvalue weighted by Gasteiger charge is -2.25. The molecule has 1 aromatic heterocycles. The number of fused-ring (bicyclic) bond motifs is 1. The van der Waals surface area contributed by atoms with Crippen LogP contribution in [0.4, 0.5) is 11.4 Å². The number of nitrogens with zero attached hydrogens (tertiary/aromatic N) is 3. The van der Waals surface area contributed by atoms with Crippen LogP contribution in [-0.2, 0) is 22.3 Å². The number of nitrogens with two attached hydrogens (primary N) is 3. The Kier molecular flexibility index (Phi) is 8.11. The molecule has 0 bridgehead atoms. The lowest BCUT2D eigenvalue weighted by atomic mass is 9.84. The van der Waals surface area contributed by atoms with Crippen molar-refractivity contribution < 1.29 is 13.7 Å². The number of carbonyl (C=O) groups excluding carboxylic acids is 1. The average molecular weight is 523 g/mol. The first kappa shape index (κ1) is 26.6. The Morgan fingerprint density at radius 2 is 2.03 bits per heavy atom. The van der Waals surface area contributed by atoms with Crippen LogP contribution in [0.25, 0.3) is 0 Å². The van der Waals surface area contributed by atoms with Crippen molar-refractivity contribution in [3.8, 4) is 5.88 Å². The fraction of sp³-hybridized carbons (Fsp3) is 0.333. The van der Waals surface area contributed by atoms with Crippen LogP contribution in [0.3, 0.4) is 0 Å². The largest absolute Gasteiger partial charge is 0.475 e. The first-order valence-corrected chi connectivity index (χ1v) is 13.4. The van der Waals surface area contributed by atoms with E-state index in [1.807, 2.05) is 49.3 Å². The van der Waals surface area contributed by atoms with Gasteiger partial charge in [0, 0.05) is 38.2 Å². The Bertz CT molecular complexity index is 1330. The molecular weight excluding hydrogens is 488 g/mol. The highest BCUT2D eigenvalue weighted by Gasteiger charge is 2.26. The number of amides is 1. The van der Waals surface area contributed by atoms with Gasteiger partial charge in [-0.05, 0) is 66.8 Å². The molecule has 2 aromatic carbocycles. The highest BCUT2D eigenvalue weighted by atomic mass is 32.2. The van der Waals surface area contributed by atoms with Crippen molar-refractivity contribution in [1.29, 1.82) is 0 Å². The van der Waals surface area contributed by atoms with Crippen molar-refractivity contribution in [2.75, 3.05) is 30.4 Å². The molecule has 0 radical (unpaired) electrons. The van der Waals surface area contributed by atoms with Gasteiger partial charge < -0.3 is 21.2 Å². The van der Waals surface area contributed by atoms with E-state index in [1.54, 1.807) is 23.3 Å². The average Bonchev–Trinajstić information content (AvgIpc) is 3.04. The van der Waals surface area contributed by atoms with Crippen LogP contribution in [0.15, 0.2) is 53.6 Å². The number of aromatic nitrogens is 1. The summed E-state index contributed by atoms with van der Waals surface area (Å²) in [6, 6.07) is 13.5. The molecular formula is C27H34N6O3S. The third kappa shape index (κ3) is 5.61. The summed E-state index contributed by atoms with van der Waals surface area (Å²) in [5.74, 6) is 5.81. The number of primary amides is 1. The number of hydrogen-bond donors (Lipinski definition) is 3. The third-order valence-electron chi connectivity index (χ3n) is 6.83. The molecule has 0 aliphatic carbocycles. The molecule has 1 amide bonds. The van der Waals surface area contributed by atoms with Gasteiger partial charge in [0.05, 0.1) is 11.4 Å². The standard InChI is InChI=1S/C27H34N6O3S/c1-4-33(30)23-10-9-21(18(3)26(23)29)22(15-25(28)34)19-8-7-17(2)20(14-19)16-32-12-13-36-27-24(37(32)35)6-5-11-31-27/h5-11,14,22H,4,12-13,15-16,29-30H2,1-3H3,(H2,28,34)/t22-,37?/m0/s1. The fourth-order valence-electron chi connectivity index (χ4n) is 4.63. The van der Waals surface area contributed by atoms with Gasteiger partial charge in [-0.3, -0.25) is 4.79 Å². The number of anilines is 2. The molecule has 196 valence electrons. The zero-order chi connectivity index (χ0) is 26.7. The van der Waals surface area contributed by atoms with Gasteiger partial charge in [-0.1, -0.05) is 24.3 Å². The maximum atomic E-state index is 13.4. The second-order valence-corrected chi connectivity index (χ2v) is 10.6. The molecule has 1 aliphatic rings. The summed E-state index contributed by atoms with van der Waals surface area (Å²) in [5, 5.41) is 1.60. The zero-order valence-electron chi connectivity index (χ0n) is 21.4. The lowest BCUT2D eigenvalue weighted by molar-refractivity contribution is -0.118. The first-order valence-electron chi connectivity index (χ1n) is 12.2. The number of carbonyl (C=O) groups is 1. The highest BCUT2D eigenvalue weighted by Crippen LogP contribution is 2.37. The molecule has 6 N–H and O–H groups in total. The summed E-state index contributed by atoms with van der Waals surface area (Å²) in [7, 11) is -1.42. The van der Waals surface area contributed by atoms with Crippen molar-refractivity contribution in [2.45, 2.75) is 44.6 Å². The molecule has 0 saturated heterocycles. The van der Waals surface area contributed by atoms with E-state index in [4.69, 9.17) is 22.0 Å². The second-order valence-electron chi connectivity index (χ2n) is 9.18. The minimum Gasteiger partial charge on any atom is -0.475 e. The van der Waals surface area contributed by atoms with Crippen LogP contribution in [-0.4, -0.2) is 39.1 Å². The van der Waals surface area contributed by atoms with Crippen molar-refractivity contribution >= 4 is 28.3 Å². The number of hydrogen-bond acceptors (Lipinski definition) is 7. The maximum Gasteiger partial charge on any atom is 0.231 e. The van der Waals surface area contributed by atoms with Gasteiger partial charge in [0.25, 0.3) is 0 Å². The lowest BCUT2D eigenvalue weighted by Crippen LogP contribution is -2.31. The predicted octanol–water partition coefficient (Wildman–Crippen LogP) is 2.91. The van der Waals surface area contributed by atoms with E-state index < -0.39 is 16.9 Å². The van der Waals surface area contributed by atoms with Gasteiger partial charge in [-0.15, -0.1) is 0 Å². The Balaban J connectivity index is 1.70. The normalized spacial score (nSPS) is 16.4. The maximum absolute atomic E-state index is 13.4. The van der Waals surface area contributed by atoms with Gasteiger partial charge in [0.2, 0.25) is 11.8 Å². The van der Waals surface area contributed by atoms with Crippen LogP contribution >= 0.6 is 0 Å². The summed E-state index contributed by atoms with van der Waals surface area (Å²) in [6.07, 6.45) is 1.76. The predicted molar refractivity (Wildman–Crippen MR) is 146 cm³/mol. The molecule has 2 atom stereocenters. The zero-order valence-corrected chi connectivity index (χ0v) is 22.3. The molecule has 9 nitrogen and oxygen atoms in total. The fourth-order valence-corrected chi connectivity index (χ4v) is 5.86. The van der Waals surface area contributed by atoms with E-state index >= 15 is 0 Å². The van der Waals surface area contributed by atoms with Gasteiger partial charge in [-0.2, -0.15) is 0 Å². The summed E-state index contributed by atoms with van der Waals surface area (Å²) < 4.78 is 21.0. The number of hydrazine groups is 1. The minimum absolute atomic E-state index is 0.130. The molecule has 0 fully saturated rings. The van der Waals surface area contributed by atoms with E-state index in [0.717, 1.165) is 33.5 Å². The van der Waals surface area contributed by atoms with E-state index in [2.05, 4.69) is 11.1 Å². The van der Waals surface area contributed by atoms with Gasteiger partial charge >= 0.3 is 0 Å². The second kappa shape index (κ2) is 11.3. The molecule has 0 spiro atoms. The molecule has 10 heteroatoms. The highest BCUT2D eigenvalue weighted by molar-refractivity contribution is 7.82. The Morgan fingerprint density at radius 3 is 2.76 bits per heavy atom. The quantitative estimate of drug-likeness (QED) is 0.235. The van der Waals surface area contributed by atoms with E-state index in [1.165, 1.54) is 0 Å². The molecule has 3 aromatic rings. The first-order chi connectivity index (χ1) is 17.7. The van der Waals surface area contributed by atoms with Gasteiger partial charge in [0.15, 0.2) is 0 Å². The number of aryl methyl sites for hydroxylation is 1. The summed E-state index contributed by atoms with van der Waals surface area (Å²) in [6.45, 7) is 7.84. The van der Waals surface area contributed by atoms with E-state index in [-0.39, 0.29) is 12.3 Å². The third-order valence-corrected chi connectivity index (χ3v) is 8.29. The van der Waals surface area contributed by atoms with Crippen molar-refractivity contribution in [3.63, 3.8) is 0 Å². The summed E-state index contributed by atoms with van der Waals surface area (Å²) in [5.41, 5.74) is 18.3. The molecule has 37 heavy (non-hydrogen) atoms. The number of benzene rings is 2.